The largest absolute Gasteiger partial charge is 0.290 e. The highest BCUT2D eigenvalue weighted by Gasteiger charge is 2.20. The van der Waals surface area contributed by atoms with Crippen LogP contribution >= 0.6 is 15.9 Å². The van der Waals surface area contributed by atoms with E-state index >= 15 is 0 Å². The number of benzene rings is 3. The summed E-state index contributed by atoms with van der Waals surface area (Å²) in [5.41, 5.74) is 6.69. The molecular weight excluding hydrogens is 412 g/mol. The van der Waals surface area contributed by atoms with Gasteiger partial charge in [0.25, 0.3) is 0 Å². The summed E-state index contributed by atoms with van der Waals surface area (Å²) >= 11 is 3.42. The highest BCUT2D eigenvalue weighted by atomic mass is 79.9. The van der Waals surface area contributed by atoms with Crippen LogP contribution in [0.3, 0.4) is 0 Å². The van der Waals surface area contributed by atoms with Crippen LogP contribution in [0.5, 0.6) is 0 Å². The van der Waals surface area contributed by atoms with Gasteiger partial charge >= 0.3 is 0 Å². The van der Waals surface area contributed by atoms with Crippen LogP contribution < -0.4 is 4.57 Å². The number of imidazole rings is 1. The van der Waals surface area contributed by atoms with Crippen molar-refractivity contribution in [2.24, 2.45) is 0 Å². The van der Waals surface area contributed by atoms with Crippen molar-refractivity contribution in [2.75, 3.05) is 0 Å². The van der Waals surface area contributed by atoms with E-state index in [1.54, 1.807) is 0 Å². The number of hydrogen-bond donors (Lipinski definition) is 0. The lowest BCUT2D eigenvalue weighted by Gasteiger charge is -2.02. The van der Waals surface area contributed by atoms with Gasteiger partial charge in [-0.1, -0.05) is 58.4 Å². The Labute approximate surface area is 173 Å². The molecule has 0 aliphatic carbocycles. The first-order chi connectivity index (χ1) is 13.5. The SMILES string of the molecule is Cc1cc2c(cc1C)[n+](Cc1ccccc1)cn2CC(=O)c1ccc(Br)cc1. The van der Waals surface area contributed by atoms with Crippen molar-refractivity contribution in [1.82, 2.24) is 4.57 Å². The Kier molecular flexibility index (Phi) is 5.14. The number of aromatic nitrogens is 2. The van der Waals surface area contributed by atoms with Gasteiger partial charge in [-0.2, -0.15) is 0 Å². The maximum Gasteiger partial charge on any atom is 0.245 e. The molecule has 0 bridgehead atoms. The molecule has 0 amide bonds. The fourth-order valence-corrected chi connectivity index (χ4v) is 3.72. The van der Waals surface area contributed by atoms with Crippen LogP contribution in [0.1, 0.15) is 27.0 Å². The van der Waals surface area contributed by atoms with Gasteiger partial charge in [0.15, 0.2) is 17.6 Å². The van der Waals surface area contributed by atoms with Crippen molar-refractivity contribution >= 4 is 32.7 Å². The van der Waals surface area contributed by atoms with Crippen LogP contribution in [0.4, 0.5) is 0 Å². The van der Waals surface area contributed by atoms with Crippen molar-refractivity contribution < 1.29 is 9.36 Å². The molecule has 0 atom stereocenters. The summed E-state index contributed by atoms with van der Waals surface area (Å²) in [4.78, 5) is 12.8. The minimum absolute atomic E-state index is 0.106. The maximum absolute atomic E-state index is 12.8. The molecule has 0 saturated heterocycles. The Morgan fingerprint density at radius 2 is 1.64 bits per heavy atom. The van der Waals surface area contributed by atoms with Crippen LogP contribution in [0.2, 0.25) is 0 Å². The maximum atomic E-state index is 12.8. The quantitative estimate of drug-likeness (QED) is 0.312. The molecule has 0 spiro atoms. The Hall–Kier alpha value is -2.72. The van der Waals surface area contributed by atoms with Gasteiger partial charge in [-0.05, 0) is 54.8 Å². The monoisotopic (exact) mass is 433 g/mol. The number of nitrogens with zero attached hydrogens (tertiary/aromatic N) is 2. The Bertz CT molecular complexity index is 1140. The lowest BCUT2D eigenvalue weighted by atomic mass is 10.1. The third-order valence-corrected chi connectivity index (χ3v) is 5.69. The number of rotatable bonds is 5. The third-order valence-electron chi connectivity index (χ3n) is 5.16. The zero-order valence-electron chi connectivity index (χ0n) is 16.0. The number of carbonyl (C=O) groups is 1. The number of Topliss-reactive ketones (excluding diaryl/α,β-unsaturated/α-hetero) is 1. The van der Waals surface area contributed by atoms with Crippen LogP contribution in [0, 0.1) is 13.8 Å². The minimum atomic E-state index is 0.106. The summed E-state index contributed by atoms with van der Waals surface area (Å²) < 4.78 is 5.27. The summed E-state index contributed by atoms with van der Waals surface area (Å²) in [5.74, 6) is 0.106. The summed E-state index contributed by atoms with van der Waals surface area (Å²) in [6, 6.07) is 22.3. The second-order valence-electron chi connectivity index (χ2n) is 7.21. The standard InChI is InChI=1S/C24H22BrN2O/c1-17-12-22-23(13-18(17)2)27(15-24(28)20-8-10-21(25)11-9-20)16-26(22)14-19-6-4-3-5-7-19/h3-13,16H,14-15H2,1-2H3/q+1. The molecule has 4 rings (SSSR count). The van der Waals surface area contributed by atoms with Crippen molar-refractivity contribution in [1.29, 1.82) is 0 Å². The molecule has 140 valence electrons. The van der Waals surface area contributed by atoms with E-state index in [0.717, 1.165) is 27.6 Å². The number of ketones is 1. The van der Waals surface area contributed by atoms with E-state index in [1.807, 2.05) is 30.3 Å². The molecule has 4 heteroatoms. The van der Waals surface area contributed by atoms with Gasteiger partial charge in [-0.15, -0.1) is 0 Å². The van der Waals surface area contributed by atoms with Gasteiger partial charge in [0.1, 0.15) is 6.54 Å². The van der Waals surface area contributed by atoms with E-state index in [0.29, 0.717) is 6.54 Å². The molecule has 4 aromatic rings. The number of carbonyl (C=O) groups excluding carboxylic acids is 1. The lowest BCUT2D eigenvalue weighted by molar-refractivity contribution is -0.663. The van der Waals surface area contributed by atoms with Crippen molar-refractivity contribution in [3.63, 3.8) is 0 Å². The number of hydrogen-bond acceptors (Lipinski definition) is 1. The van der Waals surface area contributed by atoms with E-state index < -0.39 is 0 Å². The minimum Gasteiger partial charge on any atom is -0.290 e. The van der Waals surface area contributed by atoms with Crippen LogP contribution in [0.15, 0.2) is 77.5 Å². The Morgan fingerprint density at radius 3 is 2.36 bits per heavy atom. The molecule has 1 heterocycles. The zero-order valence-corrected chi connectivity index (χ0v) is 17.6. The van der Waals surface area contributed by atoms with Gasteiger partial charge in [-0.3, -0.25) is 4.79 Å². The highest BCUT2D eigenvalue weighted by molar-refractivity contribution is 9.10. The van der Waals surface area contributed by atoms with E-state index in [-0.39, 0.29) is 5.78 Å². The summed E-state index contributed by atoms with van der Waals surface area (Å²) in [5, 5.41) is 0. The second kappa shape index (κ2) is 7.72. The predicted octanol–water partition coefficient (Wildman–Crippen LogP) is 5.24. The van der Waals surface area contributed by atoms with Crippen LogP contribution in [-0.2, 0) is 13.1 Å². The fraction of sp³-hybridized carbons (Fsp3) is 0.167. The van der Waals surface area contributed by atoms with Gasteiger partial charge in [0.2, 0.25) is 12.1 Å². The summed E-state index contributed by atoms with van der Waals surface area (Å²) in [7, 11) is 0. The van der Waals surface area contributed by atoms with Gasteiger partial charge in [-0.25, -0.2) is 9.13 Å². The predicted molar refractivity (Wildman–Crippen MR) is 116 cm³/mol. The van der Waals surface area contributed by atoms with E-state index in [9.17, 15) is 4.79 Å². The zero-order chi connectivity index (χ0) is 19.7. The number of halogens is 1. The molecule has 0 radical (unpaired) electrons. The number of aryl methyl sites for hydroxylation is 2. The molecule has 0 N–H and O–H groups in total. The summed E-state index contributed by atoms with van der Waals surface area (Å²) in [6.45, 7) is 5.35. The van der Waals surface area contributed by atoms with E-state index in [2.05, 4.69) is 81.6 Å². The topological polar surface area (TPSA) is 25.9 Å². The number of fused-ring (bicyclic) bond motifs is 1. The first-order valence-electron chi connectivity index (χ1n) is 9.33. The molecule has 3 aromatic carbocycles. The smallest absolute Gasteiger partial charge is 0.245 e. The molecule has 0 unspecified atom stereocenters. The molecule has 1 aromatic heterocycles. The molecule has 0 aliphatic heterocycles. The van der Waals surface area contributed by atoms with Crippen LogP contribution in [-0.4, -0.2) is 10.4 Å². The van der Waals surface area contributed by atoms with Crippen molar-refractivity contribution in [2.45, 2.75) is 26.9 Å². The molecule has 0 aliphatic rings. The van der Waals surface area contributed by atoms with Gasteiger partial charge in [0.05, 0.1) is 0 Å². The van der Waals surface area contributed by atoms with Crippen molar-refractivity contribution in [3.05, 3.63) is 99.8 Å². The average molecular weight is 434 g/mol. The molecule has 0 saturated carbocycles. The normalized spacial score (nSPS) is 11.1. The highest BCUT2D eigenvalue weighted by Crippen LogP contribution is 2.19. The summed E-state index contributed by atoms with van der Waals surface area (Å²) in [6.07, 6.45) is 2.06. The van der Waals surface area contributed by atoms with E-state index in [1.165, 1.54) is 16.7 Å². The van der Waals surface area contributed by atoms with Crippen LogP contribution in [0.25, 0.3) is 11.0 Å². The lowest BCUT2D eigenvalue weighted by Crippen LogP contribution is -2.33. The van der Waals surface area contributed by atoms with Gasteiger partial charge in [0, 0.05) is 10.0 Å². The average Bonchev–Trinajstić information content (AvgIpc) is 2.99. The van der Waals surface area contributed by atoms with Crippen molar-refractivity contribution in [3.8, 4) is 0 Å². The third kappa shape index (κ3) is 3.78. The Morgan fingerprint density at radius 1 is 0.964 bits per heavy atom. The molecule has 28 heavy (non-hydrogen) atoms. The fourth-order valence-electron chi connectivity index (χ4n) is 3.45. The second-order valence-corrected chi connectivity index (χ2v) is 8.13. The van der Waals surface area contributed by atoms with Gasteiger partial charge < -0.3 is 0 Å². The Balaban J connectivity index is 1.74. The molecular formula is C24H22BrN2O+. The first kappa shape index (κ1) is 18.6. The first-order valence-corrected chi connectivity index (χ1v) is 10.1. The molecule has 3 nitrogen and oxygen atoms in total. The van der Waals surface area contributed by atoms with E-state index in [4.69, 9.17) is 0 Å². The molecule has 0 fully saturated rings.